The Morgan fingerprint density at radius 1 is 1.15 bits per heavy atom. The first-order chi connectivity index (χ1) is 12.2. The predicted octanol–water partition coefficient (Wildman–Crippen LogP) is 3.29. The summed E-state index contributed by atoms with van der Waals surface area (Å²) in [5.41, 5.74) is 3.26. The zero-order chi connectivity index (χ0) is 17.5. The molecule has 2 aromatic heterocycles. The largest absolute Gasteiger partial charge is 0.356 e. The van der Waals surface area contributed by atoms with Crippen LogP contribution in [0, 0.1) is 6.92 Å². The highest BCUT2D eigenvalue weighted by Crippen LogP contribution is 2.11. The number of fused-ring (bicyclic) bond motifs is 1. The molecule has 0 saturated heterocycles. The van der Waals surface area contributed by atoms with Gasteiger partial charge in [0.25, 0.3) is 0 Å². The van der Waals surface area contributed by atoms with Crippen molar-refractivity contribution in [2.24, 2.45) is 4.99 Å². The lowest BCUT2D eigenvalue weighted by molar-refractivity contribution is 0.722. The molecule has 0 aliphatic rings. The van der Waals surface area contributed by atoms with Crippen molar-refractivity contribution in [3.63, 3.8) is 0 Å². The van der Waals surface area contributed by atoms with E-state index in [4.69, 9.17) is 0 Å². The van der Waals surface area contributed by atoms with E-state index in [1.165, 1.54) is 0 Å². The third kappa shape index (κ3) is 5.94. The van der Waals surface area contributed by atoms with Crippen LogP contribution >= 0.6 is 35.3 Å². The first-order valence-electron chi connectivity index (χ1n) is 8.54. The van der Waals surface area contributed by atoms with Gasteiger partial charge >= 0.3 is 0 Å². The average Bonchev–Trinajstić information content (AvgIpc) is 3.22. The summed E-state index contributed by atoms with van der Waals surface area (Å²) in [6.45, 7) is 3.71. The first-order valence-corrected chi connectivity index (χ1v) is 9.41. The molecule has 26 heavy (non-hydrogen) atoms. The SMILES string of the molecule is CN=C(NCCCc1nc2ccccc2[nH]1)NCCc1csc(C)n1.I. The fourth-order valence-electron chi connectivity index (χ4n) is 2.64. The third-order valence-electron chi connectivity index (χ3n) is 3.88. The summed E-state index contributed by atoms with van der Waals surface area (Å²) in [5.74, 6) is 1.86. The number of rotatable bonds is 7. The molecular formula is C18H25IN6S. The van der Waals surface area contributed by atoms with E-state index in [1.807, 2.05) is 25.1 Å². The van der Waals surface area contributed by atoms with Crippen molar-refractivity contribution in [2.75, 3.05) is 20.1 Å². The molecule has 3 rings (SSSR count). The van der Waals surface area contributed by atoms with E-state index in [9.17, 15) is 0 Å². The van der Waals surface area contributed by atoms with Crippen molar-refractivity contribution in [3.8, 4) is 0 Å². The Balaban J connectivity index is 0.00000243. The molecule has 0 aliphatic heterocycles. The molecule has 8 heteroatoms. The Labute approximate surface area is 175 Å². The second kappa shape index (κ2) is 10.5. The van der Waals surface area contributed by atoms with Gasteiger partial charge < -0.3 is 15.6 Å². The molecule has 0 aliphatic carbocycles. The van der Waals surface area contributed by atoms with Gasteiger partial charge in [0.2, 0.25) is 0 Å². The van der Waals surface area contributed by atoms with Crippen LogP contribution in [0.1, 0.15) is 22.9 Å². The van der Waals surface area contributed by atoms with Crippen LogP contribution in [0.25, 0.3) is 11.0 Å². The number of guanidine groups is 1. The Bertz CT molecular complexity index is 808. The average molecular weight is 484 g/mol. The van der Waals surface area contributed by atoms with Gasteiger partial charge in [-0.2, -0.15) is 0 Å². The molecule has 0 saturated carbocycles. The summed E-state index contributed by atoms with van der Waals surface area (Å²) in [4.78, 5) is 16.7. The smallest absolute Gasteiger partial charge is 0.190 e. The van der Waals surface area contributed by atoms with Gasteiger partial charge in [-0.05, 0) is 25.5 Å². The minimum absolute atomic E-state index is 0. The number of para-hydroxylation sites is 2. The van der Waals surface area contributed by atoms with Crippen molar-refractivity contribution in [1.29, 1.82) is 0 Å². The Morgan fingerprint density at radius 3 is 2.69 bits per heavy atom. The summed E-state index contributed by atoms with van der Waals surface area (Å²) >= 11 is 1.69. The number of hydrogen-bond acceptors (Lipinski definition) is 4. The van der Waals surface area contributed by atoms with Crippen molar-refractivity contribution < 1.29 is 0 Å². The fourth-order valence-corrected chi connectivity index (χ4v) is 3.29. The molecule has 3 aromatic rings. The highest BCUT2D eigenvalue weighted by molar-refractivity contribution is 14.0. The van der Waals surface area contributed by atoms with Gasteiger partial charge in [0.05, 0.1) is 21.7 Å². The van der Waals surface area contributed by atoms with Gasteiger partial charge in [-0.25, -0.2) is 9.97 Å². The highest BCUT2D eigenvalue weighted by Gasteiger charge is 2.03. The van der Waals surface area contributed by atoms with Crippen LogP contribution in [0.5, 0.6) is 0 Å². The number of aryl methyl sites for hydroxylation is 2. The summed E-state index contributed by atoms with van der Waals surface area (Å²) in [6.07, 6.45) is 2.81. The number of aromatic amines is 1. The molecule has 0 atom stereocenters. The van der Waals surface area contributed by atoms with Crippen LogP contribution in [0.15, 0.2) is 34.6 Å². The number of benzene rings is 1. The minimum Gasteiger partial charge on any atom is -0.356 e. The second-order valence-corrected chi connectivity index (χ2v) is 6.90. The number of imidazole rings is 1. The summed E-state index contributed by atoms with van der Waals surface area (Å²) in [6, 6.07) is 8.12. The quantitative estimate of drug-likeness (QED) is 0.208. The first kappa shape index (κ1) is 20.6. The van der Waals surface area contributed by atoms with E-state index in [2.05, 4.69) is 42.0 Å². The van der Waals surface area contributed by atoms with Crippen molar-refractivity contribution in [3.05, 3.63) is 46.2 Å². The topological polar surface area (TPSA) is 78.0 Å². The molecule has 0 amide bonds. The molecule has 6 nitrogen and oxygen atoms in total. The normalized spacial score (nSPS) is 11.4. The zero-order valence-electron chi connectivity index (χ0n) is 15.1. The van der Waals surface area contributed by atoms with Crippen LogP contribution in [0.3, 0.4) is 0 Å². The van der Waals surface area contributed by atoms with Crippen molar-refractivity contribution in [1.82, 2.24) is 25.6 Å². The van der Waals surface area contributed by atoms with Crippen molar-refractivity contribution >= 4 is 52.3 Å². The number of thiazole rings is 1. The van der Waals surface area contributed by atoms with Gasteiger partial charge in [0, 0.05) is 38.4 Å². The molecule has 0 radical (unpaired) electrons. The number of nitrogens with zero attached hydrogens (tertiary/aromatic N) is 3. The van der Waals surface area contributed by atoms with Gasteiger partial charge in [-0.15, -0.1) is 35.3 Å². The molecule has 2 heterocycles. The number of H-pyrrole nitrogens is 1. The minimum atomic E-state index is 0. The number of nitrogens with one attached hydrogen (secondary N) is 3. The molecule has 0 unspecified atom stereocenters. The lowest BCUT2D eigenvalue weighted by Crippen LogP contribution is -2.38. The maximum atomic E-state index is 4.60. The van der Waals surface area contributed by atoms with Gasteiger partial charge in [-0.3, -0.25) is 4.99 Å². The lowest BCUT2D eigenvalue weighted by Gasteiger charge is -2.10. The predicted molar refractivity (Wildman–Crippen MR) is 120 cm³/mol. The van der Waals surface area contributed by atoms with E-state index < -0.39 is 0 Å². The Kier molecular flexibility index (Phi) is 8.30. The molecule has 0 bridgehead atoms. The van der Waals surface area contributed by atoms with Gasteiger partial charge in [-0.1, -0.05) is 12.1 Å². The third-order valence-corrected chi connectivity index (χ3v) is 4.71. The fraction of sp³-hybridized carbons (Fsp3) is 0.389. The second-order valence-electron chi connectivity index (χ2n) is 5.84. The molecule has 0 fully saturated rings. The molecule has 140 valence electrons. The van der Waals surface area contributed by atoms with E-state index >= 15 is 0 Å². The maximum Gasteiger partial charge on any atom is 0.190 e. The van der Waals surface area contributed by atoms with Crippen LogP contribution in [0.2, 0.25) is 0 Å². The van der Waals surface area contributed by atoms with Crippen LogP contribution < -0.4 is 10.6 Å². The number of aromatic nitrogens is 3. The van der Waals surface area contributed by atoms with Gasteiger partial charge in [0.15, 0.2) is 5.96 Å². The molecule has 3 N–H and O–H groups in total. The maximum absolute atomic E-state index is 4.60. The van der Waals surface area contributed by atoms with Crippen molar-refractivity contribution in [2.45, 2.75) is 26.2 Å². The number of hydrogen-bond donors (Lipinski definition) is 3. The highest BCUT2D eigenvalue weighted by atomic mass is 127. The summed E-state index contributed by atoms with van der Waals surface area (Å²) in [5, 5.41) is 9.90. The molecule has 1 aromatic carbocycles. The lowest BCUT2D eigenvalue weighted by atomic mass is 10.3. The summed E-state index contributed by atoms with van der Waals surface area (Å²) in [7, 11) is 1.79. The van der Waals surface area contributed by atoms with Crippen LogP contribution in [-0.2, 0) is 12.8 Å². The zero-order valence-corrected chi connectivity index (χ0v) is 18.2. The van der Waals surface area contributed by atoms with E-state index in [0.29, 0.717) is 0 Å². The Morgan fingerprint density at radius 2 is 1.96 bits per heavy atom. The summed E-state index contributed by atoms with van der Waals surface area (Å²) < 4.78 is 0. The number of aliphatic imine (C=N–C) groups is 1. The monoisotopic (exact) mass is 484 g/mol. The number of halogens is 1. The standard InChI is InChI=1S/C18H24N6S.HI/c1-13-22-14(12-25-13)9-11-21-18(19-2)20-10-5-8-17-23-15-6-3-4-7-16(15)24-17;/h3-4,6-7,12H,5,8-11H2,1-2H3,(H,23,24)(H2,19,20,21);1H. The van der Waals surface area contributed by atoms with E-state index in [-0.39, 0.29) is 24.0 Å². The molecule has 0 spiro atoms. The van der Waals surface area contributed by atoms with Crippen LogP contribution in [0.4, 0.5) is 0 Å². The Hall–Kier alpha value is -1.68. The molecular weight excluding hydrogens is 459 g/mol. The van der Waals surface area contributed by atoms with Crippen LogP contribution in [-0.4, -0.2) is 41.0 Å². The van der Waals surface area contributed by atoms with Gasteiger partial charge in [0.1, 0.15) is 5.82 Å². The van der Waals surface area contributed by atoms with E-state index in [1.54, 1.807) is 18.4 Å². The van der Waals surface area contributed by atoms with E-state index in [0.717, 1.165) is 65.9 Å².